The lowest BCUT2D eigenvalue weighted by molar-refractivity contribution is -0.122. The van der Waals surface area contributed by atoms with Crippen molar-refractivity contribution in [1.29, 1.82) is 0 Å². The minimum absolute atomic E-state index is 0.138. The van der Waals surface area contributed by atoms with E-state index in [1.807, 2.05) is 31.2 Å². The zero-order valence-corrected chi connectivity index (χ0v) is 13.4. The van der Waals surface area contributed by atoms with Crippen LogP contribution in [0, 0.1) is 0 Å². The summed E-state index contributed by atoms with van der Waals surface area (Å²) in [5.41, 5.74) is 6.79. The molecule has 1 aliphatic heterocycles. The second kappa shape index (κ2) is 7.00. The molecule has 2 heterocycles. The first-order valence-corrected chi connectivity index (χ1v) is 7.92. The van der Waals surface area contributed by atoms with Gasteiger partial charge in [-0.25, -0.2) is 9.37 Å². The lowest BCUT2D eigenvalue weighted by atomic mass is 10.2. The molecule has 2 N–H and O–H groups in total. The Morgan fingerprint density at radius 3 is 2.88 bits per heavy atom. The number of carbonyl (C=O) groups excluding carboxylic acids is 1. The van der Waals surface area contributed by atoms with E-state index in [4.69, 9.17) is 14.9 Å². The first kappa shape index (κ1) is 16.4. The Morgan fingerprint density at radius 2 is 2.21 bits per heavy atom. The number of alkyl halides is 1. The number of carbonyl (C=O) groups is 1. The standard InChI is InChI=1S/C17H20FN3O3/c1-2-23-14-5-3-11(4-6-14)17-20-13(10-24-17)9-21-8-12(18)7-15(21)16(19)22/h3-6,10,12,15H,2,7-9H2,1H3,(H2,19,22)/t12-,15+/m1/s1. The van der Waals surface area contributed by atoms with E-state index >= 15 is 0 Å². The van der Waals surface area contributed by atoms with Gasteiger partial charge in [0.05, 0.1) is 18.3 Å². The van der Waals surface area contributed by atoms with Crippen molar-refractivity contribution in [2.75, 3.05) is 13.2 Å². The number of hydrogen-bond acceptors (Lipinski definition) is 5. The third kappa shape index (κ3) is 3.56. The predicted molar refractivity (Wildman–Crippen MR) is 86.0 cm³/mol. The van der Waals surface area contributed by atoms with Crippen molar-refractivity contribution >= 4 is 5.91 Å². The number of hydrogen-bond donors (Lipinski definition) is 1. The molecule has 1 saturated heterocycles. The highest BCUT2D eigenvalue weighted by Gasteiger charge is 2.36. The zero-order chi connectivity index (χ0) is 17.1. The maximum atomic E-state index is 13.6. The van der Waals surface area contributed by atoms with Crippen molar-refractivity contribution in [2.45, 2.75) is 32.1 Å². The number of halogens is 1. The minimum Gasteiger partial charge on any atom is -0.494 e. The van der Waals surface area contributed by atoms with Crippen molar-refractivity contribution in [3.8, 4) is 17.2 Å². The Morgan fingerprint density at radius 1 is 1.46 bits per heavy atom. The average Bonchev–Trinajstić information content (AvgIpc) is 3.16. The summed E-state index contributed by atoms with van der Waals surface area (Å²) in [4.78, 5) is 17.5. The summed E-state index contributed by atoms with van der Waals surface area (Å²) < 4.78 is 24.4. The highest BCUT2D eigenvalue weighted by molar-refractivity contribution is 5.80. The Bertz CT molecular complexity index is 701. The molecule has 24 heavy (non-hydrogen) atoms. The van der Waals surface area contributed by atoms with Crippen LogP contribution in [0.3, 0.4) is 0 Å². The predicted octanol–water partition coefficient (Wildman–Crippen LogP) is 2.14. The number of benzene rings is 1. The number of ether oxygens (including phenoxy) is 1. The van der Waals surface area contributed by atoms with Crippen LogP contribution in [0.4, 0.5) is 4.39 Å². The van der Waals surface area contributed by atoms with Crippen LogP contribution in [-0.4, -0.2) is 41.2 Å². The first-order chi connectivity index (χ1) is 11.6. The van der Waals surface area contributed by atoms with E-state index in [2.05, 4.69) is 4.98 Å². The van der Waals surface area contributed by atoms with Crippen molar-refractivity contribution < 1.29 is 18.3 Å². The highest BCUT2D eigenvalue weighted by atomic mass is 19.1. The molecule has 1 aliphatic rings. The normalized spacial score (nSPS) is 21.1. The summed E-state index contributed by atoms with van der Waals surface area (Å²) in [6.45, 7) is 3.04. The van der Waals surface area contributed by atoms with E-state index in [1.54, 1.807) is 4.90 Å². The maximum absolute atomic E-state index is 13.6. The first-order valence-electron chi connectivity index (χ1n) is 7.92. The molecule has 7 heteroatoms. The maximum Gasteiger partial charge on any atom is 0.234 e. The van der Waals surface area contributed by atoms with Gasteiger partial charge in [0.15, 0.2) is 0 Å². The Balaban J connectivity index is 1.70. The van der Waals surface area contributed by atoms with E-state index < -0.39 is 18.1 Å². The molecule has 1 amide bonds. The molecule has 0 radical (unpaired) electrons. The second-order valence-electron chi connectivity index (χ2n) is 5.78. The molecular weight excluding hydrogens is 313 g/mol. The quantitative estimate of drug-likeness (QED) is 0.876. The summed E-state index contributed by atoms with van der Waals surface area (Å²) in [5, 5.41) is 0. The van der Waals surface area contributed by atoms with Gasteiger partial charge in [0.1, 0.15) is 18.2 Å². The highest BCUT2D eigenvalue weighted by Crippen LogP contribution is 2.25. The lowest BCUT2D eigenvalue weighted by Crippen LogP contribution is -2.39. The lowest BCUT2D eigenvalue weighted by Gasteiger charge is -2.19. The largest absolute Gasteiger partial charge is 0.494 e. The van der Waals surface area contributed by atoms with Gasteiger partial charge in [-0.1, -0.05) is 0 Å². The van der Waals surface area contributed by atoms with Crippen molar-refractivity contribution in [3.05, 3.63) is 36.2 Å². The Hall–Kier alpha value is -2.41. The minimum atomic E-state index is -1.04. The molecule has 128 valence electrons. The van der Waals surface area contributed by atoms with Crippen LogP contribution >= 0.6 is 0 Å². The Labute approximate surface area is 139 Å². The van der Waals surface area contributed by atoms with Crippen LogP contribution in [0.15, 0.2) is 34.9 Å². The van der Waals surface area contributed by atoms with E-state index in [0.717, 1.165) is 11.3 Å². The molecule has 0 aliphatic carbocycles. The second-order valence-corrected chi connectivity index (χ2v) is 5.78. The summed E-state index contributed by atoms with van der Waals surface area (Å²) >= 11 is 0. The summed E-state index contributed by atoms with van der Waals surface area (Å²) in [6, 6.07) is 6.83. The molecule has 2 atom stereocenters. The summed E-state index contributed by atoms with van der Waals surface area (Å²) in [5.74, 6) is 0.744. The van der Waals surface area contributed by atoms with Crippen molar-refractivity contribution in [3.63, 3.8) is 0 Å². The average molecular weight is 333 g/mol. The molecule has 0 unspecified atom stereocenters. The number of nitrogens with two attached hydrogens (primary N) is 1. The molecule has 1 aromatic carbocycles. The molecule has 0 spiro atoms. The van der Waals surface area contributed by atoms with Gasteiger partial charge >= 0.3 is 0 Å². The molecule has 1 fully saturated rings. The fourth-order valence-electron chi connectivity index (χ4n) is 2.90. The third-order valence-corrected chi connectivity index (χ3v) is 4.01. The van der Waals surface area contributed by atoms with Crippen molar-refractivity contribution in [2.24, 2.45) is 5.73 Å². The van der Waals surface area contributed by atoms with Gasteiger partial charge in [0.25, 0.3) is 0 Å². The summed E-state index contributed by atoms with van der Waals surface area (Å²) in [6.07, 6.45) is 0.619. The van der Waals surface area contributed by atoms with Crippen LogP contribution in [0.1, 0.15) is 19.0 Å². The van der Waals surface area contributed by atoms with E-state index in [9.17, 15) is 9.18 Å². The van der Waals surface area contributed by atoms with Gasteiger partial charge in [-0.3, -0.25) is 9.69 Å². The van der Waals surface area contributed by atoms with Gasteiger partial charge in [-0.15, -0.1) is 0 Å². The zero-order valence-electron chi connectivity index (χ0n) is 13.4. The molecule has 1 aromatic heterocycles. The van der Waals surface area contributed by atoms with Crippen LogP contribution < -0.4 is 10.5 Å². The van der Waals surface area contributed by atoms with Crippen LogP contribution in [0.2, 0.25) is 0 Å². The summed E-state index contributed by atoms with van der Waals surface area (Å²) in [7, 11) is 0. The van der Waals surface area contributed by atoms with E-state index in [1.165, 1.54) is 6.26 Å². The number of likely N-dealkylation sites (tertiary alicyclic amines) is 1. The van der Waals surface area contributed by atoms with E-state index in [0.29, 0.717) is 24.7 Å². The molecule has 3 rings (SSSR count). The van der Waals surface area contributed by atoms with Gasteiger partial charge in [-0.2, -0.15) is 0 Å². The topological polar surface area (TPSA) is 81.6 Å². The fraction of sp³-hybridized carbons (Fsp3) is 0.412. The number of oxazole rings is 1. The molecule has 6 nitrogen and oxygen atoms in total. The molecule has 2 aromatic rings. The smallest absolute Gasteiger partial charge is 0.234 e. The Kier molecular flexibility index (Phi) is 4.80. The third-order valence-electron chi connectivity index (χ3n) is 4.01. The number of primary amides is 1. The molecular formula is C17H20FN3O3. The van der Waals surface area contributed by atoms with Crippen LogP contribution in [0.25, 0.3) is 11.5 Å². The number of rotatable bonds is 6. The van der Waals surface area contributed by atoms with Crippen LogP contribution in [0.5, 0.6) is 5.75 Å². The van der Waals surface area contributed by atoms with E-state index in [-0.39, 0.29) is 13.0 Å². The van der Waals surface area contributed by atoms with Gasteiger partial charge in [0, 0.05) is 25.1 Å². The monoisotopic (exact) mass is 333 g/mol. The fourth-order valence-corrected chi connectivity index (χ4v) is 2.90. The van der Waals surface area contributed by atoms with Gasteiger partial charge in [-0.05, 0) is 31.2 Å². The van der Waals surface area contributed by atoms with Crippen LogP contribution in [-0.2, 0) is 11.3 Å². The van der Waals surface area contributed by atoms with Gasteiger partial charge < -0.3 is 14.9 Å². The number of aromatic nitrogens is 1. The van der Waals surface area contributed by atoms with Crippen molar-refractivity contribution in [1.82, 2.24) is 9.88 Å². The number of nitrogens with zero attached hydrogens (tertiary/aromatic N) is 2. The van der Waals surface area contributed by atoms with Gasteiger partial charge in [0.2, 0.25) is 11.8 Å². The SMILES string of the molecule is CCOc1ccc(-c2nc(CN3C[C@H](F)C[C@H]3C(N)=O)co2)cc1. The number of amides is 1. The molecule has 0 saturated carbocycles. The molecule has 0 bridgehead atoms.